The molecule has 0 saturated heterocycles. The van der Waals surface area contributed by atoms with Crippen molar-refractivity contribution in [3.63, 3.8) is 0 Å². The first-order chi connectivity index (χ1) is 12.6. The van der Waals surface area contributed by atoms with E-state index in [2.05, 4.69) is 15.0 Å². The Hall–Kier alpha value is -2.97. The molecule has 0 radical (unpaired) electrons. The van der Waals surface area contributed by atoms with E-state index in [9.17, 15) is 4.79 Å². The smallest absolute Gasteiger partial charge is 0.251 e. The lowest BCUT2D eigenvalue weighted by Crippen LogP contribution is -2.55. The molecule has 1 aromatic carbocycles. The van der Waals surface area contributed by atoms with Crippen molar-refractivity contribution in [2.75, 3.05) is 17.0 Å². The Bertz CT molecular complexity index is 959. The van der Waals surface area contributed by atoms with Crippen LogP contribution in [0.1, 0.15) is 13.3 Å². The summed E-state index contributed by atoms with van der Waals surface area (Å²) >= 11 is 0. The van der Waals surface area contributed by atoms with Crippen molar-refractivity contribution in [1.82, 2.24) is 19.5 Å². The number of carbonyl (C=O) groups excluding carboxylic acids is 1. The molecular formula is C18H20ClN7O. The second-order valence-corrected chi connectivity index (χ2v) is 6.09. The van der Waals surface area contributed by atoms with Crippen LogP contribution in [0.2, 0.25) is 0 Å². The molecule has 4 rings (SSSR count). The monoisotopic (exact) mass is 385 g/mol. The van der Waals surface area contributed by atoms with Crippen LogP contribution >= 0.6 is 12.4 Å². The minimum absolute atomic E-state index is 0. The molecule has 1 atom stereocenters. The van der Waals surface area contributed by atoms with Crippen LogP contribution in [0.25, 0.3) is 17.3 Å². The summed E-state index contributed by atoms with van der Waals surface area (Å²) in [4.78, 5) is 27.5. The number of amides is 1. The SMILES string of the molecule is CCC1C(=O)N(C)c2cnc(-n3ccnc3-c3ccccc3)nc2N1N.Cl. The first kappa shape index (κ1) is 18.8. The Balaban J connectivity index is 0.00000210. The van der Waals surface area contributed by atoms with Crippen molar-refractivity contribution in [2.24, 2.45) is 5.84 Å². The fourth-order valence-corrected chi connectivity index (χ4v) is 3.15. The summed E-state index contributed by atoms with van der Waals surface area (Å²) in [5.74, 6) is 7.85. The molecule has 0 bridgehead atoms. The maximum absolute atomic E-state index is 12.4. The van der Waals surface area contributed by atoms with Gasteiger partial charge in [0, 0.05) is 25.0 Å². The Kier molecular flexibility index (Phi) is 5.11. The number of anilines is 2. The second kappa shape index (κ2) is 7.34. The van der Waals surface area contributed by atoms with Gasteiger partial charge in [-0.05, 0) is 6.42 Å². The molecule has 0 fully saturated rings. The number of nitrogens with zero attached hydrogens (tertiary/aromatic N) is 6. The number of hydrogen-bond acceptors (Lipinski definition) is 6. The van der Waals surface area contributed by atoms with E-state index in [4.69, 9.17) is 5.84 Å². The summed E-state index contributed by atoms with van der Waals surface area (Å²) < 4.78 is 1.81. The van der Waals surface area contributed by atoms with Gasteiger partial charge in [0.25, 0.3) is 5.91 Å². The van der Waals surface area contributed by atoms with Crippen molar-refractivity contribution < 1.29 is 4.79 Å². The van der Waals surface area contributed by atoms with Gasteiger partial charge in [-0.15, -0.1) is 12.4 Å². The van der Waals surface area contributed by atoms with E-state index in [-0.39, 0.29) is 18.3 Å². The van der Waals surface area contributed by atoms with Crippen LogP contribution in [0, 0.1) is 0 Å². The van der Waals surface area contributed by atoms with Crippen molar-refractivity contribution in [3.05, 3.63) is 48.9 Å². The van der Waals surface area contributed by atoms with Gasteiger partial charge in [0.1, 0.15) is 17.6 Å². The zero-order valence-corrected chi connectivity index (χ0v) is 15.8. The Morgan fingerprint density at radius 1 is 1.19 bits per heavy atom. The van der Waals surface area contributed by atoms with Gasteiger partial charge >= 0.3 is 0 Å². The van der Waals surface area contributed by atoms with Gasteiger partial charge in [0.05, 0.1) is 6.20 Å². The average molecular weight is 386 g/mol. The van der Waals surface area contributed by atoms with Gasteiger partial charge < -0.3 is 4.90 Å². The van der Waals surface area contributed by atoms with Gasteiger partial charge in [0.15, 0.2) is 5.82 Å². The third-order valence-corrected chi connectivity index (χ3v) is 4.57. The zero-order chi connectivity index (χ0) is 18.3. The van der Waals surface area contributed by atoms with E-state index < -0.39 is 6.04 Å². The van der Waals surface area contributed by atoms with E-state index in [0.717, 1.165) is 11.4 Å². The predicted molar refractivity (Wildman–Crippen MR) is 106 cm³/mol. The van der Waals surface area contributed by atoms with Crippen LogP contribution < -0.4 is 15.8 Å². The van der Waals surface area contributed by atoms with E-state index in [1.807, 2.05) is 37.3 Å². The maximum Gasteiger partial charge on any atom is 0.251 e. The fourth-order valence-electron chi connectivity index (χ4n) is 3.15. The molecule has 2 N–H and O–H groups in total. The number of aromatic nitrogens is 4. The van der Waals surface area contributed by atoms with E-state index in [0.29, 0.717) is 23.9 Å². The molecule has 1 aliphatic heterocycles. The highest BCUT2D eigenvalue weighted by Crippen LogP contribution is 2.32. The van der Waals surface area contributed by atoms with E-state index in [1.165, 1.54) is 5.01 Å². The molecule has 3 aromatic rings. The number of likely N-dealkylation sites (N-methyl/N-ethyl adjacent to an activating group) is 1. The minimum atomic E-state index is -0.438. The summed E-state index contributed by atoms with van der Waals surface area (Å²) in [7, 11) is 1.71. The van der Waals surface area contributed by atoms with Crippen molar-refractivity contribution in [3.8, 4) is 17.3 Å². The second-order valence-electron chi connectivity index (χ2n) is 6.09. The first-order valence-corrected chi connectivity index (χ1v) is 8.39. The molecule has 8 nitrogen and oxygen atoms in total. The summed E-state index contributed by atoms with van der Waals surface area (Å²) in [5, 5.41) is 1.43. The third-order valence-electron chi connectivity index (χ3n) is 4.57. The molecular weight excluding hydrogens is 366 g/mol. The zero-order valence-electron chi connectivity index (χ0n) is 15.0. The predicted octanol–water partition coefficient (Wildman–Crippen LogP) is 2.19. The molecule has 3 heterocycles. The summed E-state index contributed by atoms with van der Waals surface area (Å²) in [6.45, 7) is 1.92. The molecule has 9 heteroatoms. The van der Waals surface area contributed by atoms with Crippen LogP contribution in [-0.2, 0) is 4.79 Å². The number of benzene rings is 1. The van der Waals surface area contributed by atoms with Crippen LogP contribution in [-0.4, -0.2) is 38.5 Å². The number of rotatable bonds is 3. The van der Waals surface area contributed by atoms with Crippen molar-refractivity contribution in [2.45, 2.75) is 19.4 Å². The number of halogens is 1. The standard InChI is InChI=1S/C18H19N7O.ClH/c1-3-13-17(26)23(2)14-11-21-18(22-16(14)25(13)19)24-10-9-20-15(24)12-7-5-4-6-8-12;/h4-11,13H,3,19H2,1-2H3;1H. The fraction of sp³-hybridized carbons (Fsp3) is 0.222. The summed E-state index contributed by atoms with van der Waals surface area (Å²) in [6.07, 6.45) is 5.73. The molecule has 1 amide bonds. The topological polar surface area (TPSA) is 93.2 Å². The molecule has 0 spiro atoms. The van der Waals surface area contributed by atoms with Gasteiger partial charge in [-0.3, -0.25) is 14.4 Å². The lowest BCUT2D eigenvalue weighted by molar-refractivity contribution is -0.120. The summed E-state index contributed by atoms with van der Waals surface area (Å²) in [6, 6.07) is 9.38. The molecule has 140 valence electrons. The molecule has 0 saturated carbocycles. The lowest BCUT2D eigenvalue weighted by Gasteiger charge is -2.37. The van der Waals surface area contributed by atoms with Crippen molar-refractivity contribution in [1.29, 1.82) is 0 Å². The summed E-state index contributed by atoms with van der Waals surface area (Å²) in [5.41, 5.74) is 1.55. The molecule has 1 aliphatic rings. The van der Waals surface area contributed by atoms with Gasteiger partial charge in [0.2, 0.25) is 5.95 Å². The number of nitrogens with two attached hydrogens (primary N) is 1. The Labute approximate surface area is 163 Å². The average Bonchev–Trinajstić information content (AvgIpc) is 3.17. The Morgan fingerprint density at radius 2 is 1.93 bits per heavy atom. The normalized spacial score (nSPS) is 16.1. The van der Waals surface area contributed by atoms with Crippen LogP contribution in [0.3, 0.4) is 0 Å². The first-order valence-electron chi connectivity index (χ1n) is 8.39. The highest BCUT2D eigenvalue weighted by molar-refractivity contribution is 6.03. The highest BCUT2D eigenvalue weighted by Gasteiger charge is 2.35. The van der Waals surface area contributed by atoms with Gasteiger partial charge in [-0.25, -0.2) is 15.8 Å². The highest BCUT2D eigenvalue weighted by atomic mass is 35.5. The van der Waals surface area contributed by atoms with Gasteiger partial charge in [-0.1, -0.05) is 37.3 Å². The van der Waals surface area contributed by atoms with Crippen molar-refractivity contribution >= 4 is 29.8 Å². The number of hydrazine groups is 1. The molecule has 2 aromatic heterocycles. The van der Waals surface area contributed by atoms with E-state index in [1.54, 1.807) is 35.1 Å². The van der Waals surface area contributed by atoms with E-state index >= 15 is 0 Å². The Morgan fingerprint density at radius 3 is 2.63 bits per heavy atom. The van der Waals surface area contributed by atoms with Crippen LogP contribution in [0.15, 0.2) is 48.9 Å². The minimum Gasteiger partial charge on any atom is -0.309 e. The number of imidazole rings is 1. The van der Waals surface area contributed by atoms with Crippen LogP contribution in [0.5, 0.6) is 0 Å². The third kappa shape index (κ3) is 3.02. The molecule has 27 heavy (non-hydrogen) atoms. The van der Waals surface area contributed by atoms with Crippen LogP contribution in [0.4, 0.5) is 11.5 Å². The quantitative estimate of drug-likeness (QED) is 0.694. The largest absolute Gasteiger partial charge is 0.309 e. The molecule has 1 unspecified atom stereocenters. The van der Waals surface area contributed by atoms with Gasteiger partial charge in [-0.2, -0.15) is 4.98 Å². The number of hydrogen-bond donors (Lipinski definition) is 1. The lowest BCUT2D eigenvalue weighted by atomic mass is 10.1. The maximum atomic E-state index is 12.4. The molecule has 0 aliphatic carbocycles. The number of fused-ring (bicyclic) bond motifs is 1. The number of carbonyl (C=O) groups is 1.